The number of benzene rings is 1. The molecule has 0 radical (unpaired) electrons. The quantitative estimate of drug-likeness (QED) is 0.476. The van der Waals surface area contributed by atoms with Crippen molar-refractivity contribution in [2.45, 2.75) is 0 Å². The van der Waals surface area contributed by atoms with E-state index in [0.29, 0.717) is 5.56 Å². The molecule has 0 atom stereocenters. The van der Waals surface area contributed by atoms with Crippen molar-refractivity contribution >= 4 is 29.4 Å². The largest absolute Gasteiger partial charge is 0.364 e. The first-order chi connectivity index (χ1) is 8.15. The highest BCUT2D eigenvalue weighted by molar-refractivity contribution is 7.98. The van der Waals surface area contributed by atoms with Crippen LogP contribution in [0.5, 0.6) is 0 Å². The maximum absolute atomic E-state index is 11.6. The van der Waals surface area contributed by atoms with Gasteiger partial charge in [0, 0.05) is 5.56 Å². The Morgan fingerprint density at radius 2 is 2.00 bits per heavy atom. The molecule has 0 saturated carbocycles. The molecule has 0 fully saturated rings. The van der Waals surface area contributed by atoms with Gasteiger partial charge in [-0.2, -0.15) is 9.66 Å². The highest BCUT2D eigenvalue weighted by Crippen LogP contribution is 2.08. The Morgan fingerprint density at radius 1 is 1.35 bits per heavy atom. The molecule has 0 unspecified atom stereocenters. The molecule has 0 aliphatic carbocycles. The molecule has 0 spiro atoms. The summed E-state index contributed by atoms with van der Waals surface area (Å²) in [5.74, 6) is -0.962. The summed E-state index contributed by atoms with van der Waals surface area (Å²) in [5, 5.41) is 8.50. The van der Waals surface area contributed by atoms with Crippen molar-refractivity contribution in [2.75, 3.05) is 5.75 Å². The molecule has 86 valence electrons. The number of amides is 1. The number of nitrogens with two attached hydrogens (primary N) is 1. The van der Waals surface area contributed by atoms with Crippen molar-refractivity contribution in [3.8, 4) is 6.07 Å². The summed E-state index contributed by atoms with van der Waals surface area (Å²) in [6, 6.07) is 10.3. The fraction of sp³-hybridized carbons (Fsp3) is 0.0909. The van der Waals surface area contributed by atoms with E-state index in [1.807, 2.05) is 6.07 Å². The van der Waals surface area contributed by atoms with Gasteiger partial charge in [-0.25, -0.2) is 0 Å². The maximum atomic E-state index is 11.6. The van der Waals surface area contributed by atoms with E-state index >= 15 is 0 Å². The Hall–Kier alpha value is -2.13. The Kier molecular flexibility index (Phi) is 4.91. The van der Waals surface area contributed by atoms with E-state index in [0.717, 1.165) is 11.9 Å². The van der Waals surface area contributed by atoms with Gasteiger partial charge in [0.1, 0.15) is 6.07 Å². The highest BCUT2D eigenvalue weighted by atomic mass is 32.2. The second-order valence-electron chi connectivity index (χ2n) is 2.98. The van der Waals surface area contributed by atoms with Gasteiger partial charge in [0.05, 0.1) is 5.75 Å². The minimum absolute atomic E-state index is 0.0580. The highest BCUT2D eigenvalue weighted by Gasteiger charge is 2.07. The number of hydrogen-bond donors (Lipinski definition) is 1. The number of primary amides is 1. The number of hydrogen-bond acceptors (Lipinski definition) is 5. The predicted molar refractivity (Wildman–Crippen MR) is 65.5 cm³/mol. The molecule has 5 nitrogen and oxygen atoms in total. The van der Waals surface area contributed by atoms with Crippen LogP contribution in [0.4, 0.5) is 0 Å². The van der Waals surface area contributed by atoms with Crippen molar-refractivity contribution < 1.29 is 9.59 Å². The SMILES string of the molecule is N#CC(=NSCC(=O)c1ccccc1)C(N)=O. The van der Waals surface area contributed by atoms with Gasteiger partial charge in [0.15, 0.2) is 5.78 Å². The summed E-state index contributed by atoms with van der Waals surface area (Å²) in [7, 11) is 0. The van der Waals surface area contributed by atoms with Crippen LogP contribution >= 0.6 is 11.9 Å². The van der Waals surface area contributed by atoms with Crippen LogP contribution in [0.25, 0.3) is 0 Å². The summed E-state index contributed by atoms with van der Waals surface area (Å²) < 4.78 is 3.58. The molecule has 6 heteroatoms. The van der Waals surface area contributed by atoms with Gasteiger partial charge in [0.2, 0.25) is 5.71 Å². The molecule has 1 aromatic rings. The molecule has 0 aliphatic rings. The van der Waals surface area contributed by atoms with E-state index in [9.17, 15) is 9.59 Å². The second kappa shape index (κ2) is 6.45. The summed E-state index contributed by atoms with van der Waals surface area (Å²) in [4.78, 5) is 22.2. The number of carbonyl (C=O) groups is 2. The topological polar surface area (TPSA) is 96.3 Å². The molecule has 2 N–H and O–H groups in total. The van der Waals surface area contributed by atoms with Crippen molar-refractivity contribution in [3.63, 3.8) is 0 Å². The molecule has 0 aromatic heterocycles. The zero-order chi connectivity index (χ0) is 12.7. The van der Waals surface area contributed by atoms with E-state index in [1.165, 1.54) is 0 Å². The first kappa shape index (κ1) is 12.9. The third kappa shape index (κ3) is 4.09. The molecule has 17 heavy (non-hydrogen) atoms. The van der Waals surface area contributed by atoms with Crippen molar-refractivity contribution in [2.24, 2.45) is 10.1 Å². The summed E-state index contributed by atoms with van der Waals surface area (Å²) in [6.45, 7) is 0. The van der Waals surface area contributed by atoms with E-state index in [-0.39, 0.29) is 11.5 Å². The lowest BCUT2D eigenvalue weighted by atomic mass is 10.2. The van der Waals surface area contributed by atoms with Crippen molar-refractivity contribution in [1.29, 1.82) is 5.26 Å². The lowest BCUT2D eigenvalue weighted by Gasteiger charge is -1.97. The van der Waals surface area contributed by atoms with Gasteiger partial charge in [-0.15, -0.1) is 0 Å². The average molecular weight is 247 g/mol. The zero-order valence-electron chi connectivity index (χ0n) is 8.79. The first-order valence-corrected chi connectivity index (χ1v) is 5.57. The standard InChI is InChI=1S/C11H9N3O2S/c12-6-9(11(13)16)14-17-7-10(15)8-4-2-1-3-5-8/h1-5H,7H2,(H2,13,16). The van der Waals surface area contributed by atoms with Crippen LogP contribution in [0, 0.1) is 11.3 Å². The summed E-state index contributed by atoms with van der Waals surface area (Å²) >= 11 is 0.832. The number of ketones is 1. The maximum Gasteiger partial charge on any atom is 0.278 e. The van der Waals surface area contributed by atoms with Gasteiger partial charge < -0.3 is 5.73 Å². The number of rotatable bonds is 5. The van der Waals surface area contributed by atoms with E-state index < -0.39 is 11.6 Å². The molecular formula is C11H9N3O2S. The van der Waals surface area contributed by atoms with Crippen LogP contribution in [0.3, 0.4) is 0 Å². The first-order valence-electron chi connectivity index (χ1n) is 4.63. The third-order valence-corrected chi connectivity index (χ3v) is 2.49. The van der Waals surface area contributed by atoms with Crippen molar-refractivity contribution in [1.82, 2.24) is 0 Å². The van der Waals surface area contributed by atoms with Crippen LogP contribution in [0.2, 0.25) is 0 Å². The number of nitriles is 1. The third-order valence-electron chi connectivity index (χ3n) is 1.79. The van der Waals surface area contributed by atoms with E-state index in [2.05, 4.69) is 4.40 Å². The Bertz CT molecular complexity index is 491. The fourth-order valence-corrected chi connectivity index (χ4v) is 1.59. The van der Waals surface area contributed by atoms with Gasteiger partial charge >= 0.3 is 0 Å². The van der Waals surface area contributed by atoms with E-state index in [4.69, 9.17) is 11.0 Å². The molecule has 0 saturated heterocycles. The van der Waals surface area contributed by atoms with Crippen LogP contribution in [0.1, 0.15) is 10.4 Å². The number of nitrogens with zero attached hydrogens (tertiary/aromatic N) is 2. The second-order valence-corrected chi connectivity index (χ2v) is 3.71. The molecule has 1 aromatic carbocycles. The lowest BCUT2D eigenvalue weighted by molar-refractivity contribution is -0.111. The molecule has 0 bridgehead atoms. The van der Waals surface area contributed by atoms with Gasteiger partial charge in [-0.3, -0.25) is 9.59 Å². The zero-order valence-corrected chi connectivity index (χ0v) is 9.61. The smallest absolute Gasteiger partial charge is 0.278 e. The predicted octanol–water partition coefficient (Wildman–Crippen LogP) is 0.967. The summed E-state index contributed by atoms with van der Waals surface area (Å²) in [6.07, 6.45) is 0. The van der Waals surface area contributed by atoms with Gasteiger partial charge in [-0.05, 0) is 11.9 Å². The summed E-state index contributed by atoms with van der Waals surface area (Å²) in [5.41, 5.74) is 5.05. The monoisotopic (exact) mass is 247 g/mol. The number of carbonyl (C=O) groups excluding carboxylic acids is 2. The Balaban J connectivity index is 2.56. The fourth-order valence-electron chi connectivity index (χ4n) is 0.983. The van der Waals surface area contributed by atoms with Gasteiger partial charge in [0.25, 0.3) is 5.91 Å². The van der Waals surface area contributed by atoms with Crippen LogP contribution < -0.4 is 5.73 Å². The van der Waals surface area contributed by atoms with Crippen molar-refractivity contribution in [3.05, 3.63) is 35.9 Å². The minimum Gasteiger partial charge on any atom is -0.364 e. The lowest BCUT2D eigenvalue weighted by Crippen LogP contribution is -2.21. The van der Waals surface area contributed by atoms with Crippen LogP contribution in [-0.4, -0.2) is 23.2 Å². The molecule has 1 amide bonds. The van der Waals surface area contributed by atoms with Gasteiger partial charge in [-0.1, -0.05) is 30.3 Å². The Morgan fingerprint density at radius 3 is 2.53 bits per heavy atom. The molecular weight excluding hydrogens is 238 g/mol. The number of Topliss-reactive ketones (excluding diaryl/α,β-unsaturated/α-hetero) is 1. The Labute approximate surface area is 102 Å². The normalized spacial score (nSPS) is 10.6. The molecule has 1 rings (SSSR count). The van der Waals surface area contributed by atoms with Crippen LogP contribution in [0.15, 0.2) is 34.7 Å². The minimum atomic E-state index is -0.896. The molecule has 0 heterocycles. The average Bonchev–Trinajstić information content (AvgIpc) is 2.35. The van der Waals surface area contributed by atoms with Crippen LogP contribution in [-0.2, 0) is 4.79 Å². The molecule has 0 aliphatic heterocycles. The van der Waals surface area contributed by atoms with E-state index in [1.54, 1.807) is 30.3 Å².